The molecule has 110 valence electrons. The van der Waals surface area contributed by atoms with Crippen molar-refractivity contribution in [3.05, 3.63) is 28.2 Å². The Kier molecular flexibility index (Phi) is 4.58. The molecule has 1 aromatic rings. The molecule has 3 rings (SSSR count). The summed E-state index contributed by atoms with van der Waals surface area (Å²) in [6, 6.07) is 7.92. The average Bonchev–Trinajstić information content (AvgIpc) is 2.46. The lowest BCUT2D eigenvalue weighted by atomic mass is 9.96. The van der Waals surface area contributed by atoms with Crippen LogP contribution < -0.4 is 4.90 Å². The average molecular weight is 358 g/mol. The molecular formula is C16H22BrClN2. The van der Waals surface area contributed by atoms with Crippen molar-refractivity contribution in [2.75, 3.05) is 24.5 Å². The molecule has 2 nitrogen and oxygen atoms in total. The highest BCUT2D eigenvalue weighted by atomic mass is 79.9. The monoisotopic (exact) mass is 356 g/mol. The van der Waals surface area contributed by atoms with Crippen LogP contribution in [0.2, 0.25) is 0 Å². The number of nitrogens with zero attached hydrogens (tertiary/aromatic N) is 2. The highest BCUT2D eigenvalue weighted by Gasteiger charge is 2.33. The van der Waals surface area contributed by atoms with E-state index in [0.29, 0.717) is 11.9 Å². The number of anilines is 1. The molecule has 2 heterocycles. The Hall–Kier alpha value is -0.250. The van der Waals surface area contributed by atoms with E-state index in [-0.39, 0.29) is 0 Å². The van der Waals surface area contributed by atoms with Crippen molar-refractivity contribution in [2.24, 2.45) is 0 Å². The summed E-state index contributed by atoms with van der Waals surface area (Å²) in [4.78, 5) is 5.25. The van der Waals surface area contributed by atoms with Crippen molar-refractivity contribution >= 4 is 33.2 Å². The van der Waals surface area contributed by atoms with Gasteiger partial charge in [0.15, 0.2) is 0 Å². The van der Waals surface area contributed by atoms with Crippen molar-refractivity contribution in [3.63, 3.8) is 0 Å². The van der Waals surface area contributed by atoms with Crippen molar-refractivity contribution in [1.82, 2.24) is 4.90 Å². The Morgan fingerprint density at radius 1 is 1.30 bits per heavy atom. The predicted octanol–water partition coefficient (Wildman–Crippen LogP) is 4.25. The van der Waals surface area contributed by atoms with Gasteiger partial charge in [0.05, 0.1) is 0 Å². The minimum atomic E-state index is 0.562. The van der Waals surface area contributed by atoms with Gasteiger partial charge in [-0.1, -0.05) is 28.4 Å². The first-order valence-electron chi connectivity index (χ1n) is 7.54. The van der Waals surface area contributed by atoms with Crippen LogP contribution in [0.3, 0.4) is 0 Å². The molecule has 4 heteroatoms. The van der Waals surface area contributed by atoms with E-state index in [0.717, 1.165) is 17.1 Å². The third-order valence-corrected chi connectivity index (χ3v) is 5.73. The second kappa shape index (κ2) is 6.25. The minimum absolute atomic E-state index is 0.562. The Balaban J connectivity index is 1.80. The summed E-state index contributed by atoms with van der Waals surface area (Å²) in [6.45, 7) is 5.99. The van der Waals surface area contributed by atoms with Gasteiger partial charge >= 0.3 is 0 Å². The normalized spacial score (nSPS) is 27.4. The van der Waals surface area contributed by atoms with Crippen molar-refractivity contribution in [3.8, 4) is 0 Å². The second-order valence-corrected chi connectivity index (χ2v) is 7.18. The summed E-state index contributed by atoms with van der Waals surface area (Å²) in [7, 11) is 0. The van der Waals surface area contributed by atoms with Crippen LogP contribution in [0.1, 0.15) is 31.7 Å². The lowest BCUT2D eigenvalue weighted by molar-refractivity contribution is 0.115. The molecular weight excluding hydrogens is 336 g/mol. The molecule has 0 aliphatic carbocycles. The lowest BCUT2D eigenvalue weighted by Crippen LogP contribution is -2.58. The molecule has 1 aromatic carbocycles. The Labute approximate surface area is 135 Å². The first-order chi connectivity index (χ1) is 9.69. The molecule has 0 spiro atoms. The Morgan fingerprint density at radius 3 is 2.90 bits per heavy atom. The summed E-state index contributed by atoms with van der Waals surface area (Å²) in [6.07, 6.45) is 4.11. The third-order valence-electron chi connectivity index (χ3n) is 4.70. The zero-order chi connectivity index (χ0) is 14.1. The van der Waals surface area contributed by atoms with Gasteiger partial charge in [0.1, 0.15) is 0 Å². The van der Waals surface area contributed by atoms with Crippen LogP contribution in [-0.2, 0) is 5.88 Å². The lowest BCUT2D eigenvalue weighted by Gasteiger charge is -2.48. The summed E-state index contributed by atoms with van der Waals surface area (Å²) in [5.41, 5.74) is 2.49. The van der Waals surface area contributed by atoms with Crippen LogP contribution in [-0.4, -0.2) is 36.6 Å². The van der Waals surface area contributed by atoms with Crippen LogP contribution in [0.4, 0.5) is 5.69 Å². The largest absolute Gasteiger partial charge is 0.366 e. The van der Waals surface area contributed by atoms with E-state index in [1.807, 2.05) is 0 Å². The first-order valence-corrected chi connectivity index (χ1v) is 8.87. The smallest absolute Gasteiger partial charge is 0.0485 e. The van der Waals surface area contributed by atoms with E-state index in [2.05, 4.69) is 50.9 Å². The van der Waals surface area contributed by atoms with E-state index in [9.17, 15) is 0 Å². The molecule has 0 saturated carbocycles. The molecule has 0 aromatic heterocycles. The summed E-state index contributed by atoms with van der Waals surface area (Å²) >= 11 is 9.58. The highest BCUT2D eigenvalue weighted by Crippen LogP contribution is 2.31. The van der Waals surface area contributed by atoms with Gasteiger partial charge in [0.2, 0.25) is 0 Å². The molecule has 2 unspecified atom stereocenters. The fraction of sp³-hybridized carbons (Fsp3) is 0.625. The van der Waals surface area contributed by atoms with Crippen LogP contribution in [0.5, 0.6) is 0 Å². The standard InChI is InChI=1S/C16H22BrClN2/c1-12-10-19-7-3-2-4-15(19)11-20(12)14-6-5-13(9-18)16(17)8-14/h5-6,8,12,15H,2-4,7,9-11H2,1H3. The molecule has 2 fully saturated rings. The topological polar surface area (TPSA) is 6.48 Å². The number of halogens is 2. The van der Waals surface area contributed by atoms with Gasteiger partial charge in [-0.2, -0.15) is 0 Å². The van der Waals surface area contributed by atoms with Crippen LogP contribution in [0.25, 0.3) is 0 Å². The Bertz CT molecular complexity index is 480. The molecule has 2 aliphatic rings. The van der Waals surface area contributed by atoms with E-state index in [4.69, 9.17) is 11.6 Å². The number of benzene rings is 1. The molecule has 0 amide bonds. The number of hydrogen-bond donors (Lipinski definition) is 0. The van der Waals surface area contributed by atoms with Gasteiger partial charge < -0.3 is 4.90 Å². The fourth-order valence-electron chi connectivity index (χ4n) is 3.54. The maximum atomic E-state index is 5.94. The summed E-state index contributed by atoms with van der Waals surface area (Å²) < 4.78 is 1.13. The number of piperidine rings is 1. The fourth-order valence-corrected chi connectivity index (χ4v) is 4.44. The van der Waals surface area contributed by atoms with E-state index in [1.54, 1.807) is 0 Å². The zero-order valence-corrected chi connectivity index (χ0v) is 14.3. The van der Waals surface area contributed by atoms with Gasteiger partial charge in [-0.25, -0.2) is 0 Å². The van der Waals surface area contributed by atoms with Crippen LogP contribution >= 0.6 is 27.5 Å². The molecule has 20 heavy (non-hydrogen) atoms. The molecule has 2 aliphatic heterocycles. The summed E-state index contributed by atoms with van der Waals surface area (Å²) in [5.74, 6) is 0.562. The van der Waals surface area contributed by atoms with Crippen LogP contribution in [0, 0.1) is 0 Å². The third kappa shape index (κ3) is 2.86. The van der Waals surface area contributed by atoms with Crippen molar-refractivity contribution < 1.29 is 0 Å². The maximum absolute atomic E-state index is 5.94. The molecule has 0 bridgehead atoms. The molecule has 2 saturated heterocycles. The van der Waals surface area contributed by atoms with Crippen molar-refractivity contribution in [2.45, 2.75) is 44.1 Å². The number of fused-ring (bicyclic) bond motifs is 1. The van der Waals surface area contributed by atoms with E-state index < -0.39 is 0 Å². The van der Waals surface area contributed by atoms with Gasteiger partial charge in [0, 0.05) is 41.2 Å². The quantitative estimate of drug-likeness (QED) is 0.730. The maximum Gasteiger partial charge on any atom is 0.0485 e. The first kappa shape index (κ1) is 14.7. The van der Waals surface area contributed by atoms with Gasteiger partial charge in [-0.3, -0.25) is 4.90 Å². The highest BCUT2D eigenvalue weighted by molar-refractivity contribution is 9.10. The van der Waals surface area contributed by atoms with Gasteiger partial charge in [0.25, 0.3) is 0 Å². The minimum Gasteiger partial charge on any atom is -0.366 e. The number of alkyl halides is 1. The van der Waals surface area contributed by atoms with Gasteiger partial charge in [-0.05, 0) is 44.0 Å². The molecule has 0 radical (unpaired) electrons. The SMILES string of the molecule is CC1CN2CCCCC2CN1c1ccc(CCl)c(Br)c1. The summed E-state index contributed by atoms with van der Waals surface area (Å²) in [5, 5.41) is 0. The molecule has 0 N–H and O–H groups in total. The van der Waals surface area contributed by atoms with Crippen molar-refractivity contribution in [1.29, 1.82) is 0 Å². The Morgan fingerprint density at radius 2 is 2.15 bits per heavy atom. The predicted molar refractivity (Wildman–Crippen MR) is 89.7 cm³/mol. The van der Waals surface area contributed by atoms with Crippen LogP contribution in [0.15, 0.2) is 22.7 Å². The number of rotatable bonds is 2. The van der Waals surface area contributed by atoms with E-state index >= 15 is 0 Å². The molecule has 2 atom stereocenters. The number of piperazine rings is 1. The number of hydrogen-bond acceptors (Lipinski definition) is 2. The second-order valence-electron chi connectivity index (χ2n) is 6.06. The van der Waals surface area contributed by atoms with Gasteiger partial charge in [-0.15, -0.1) is 11.6 Å². The van der Waals surface area contributed by atoms with E-state index in [1.165, 1.54) is 43.6 Å². The zero-order valence-electron chi connectivity index (χ0n) is 12.0.